The van der Waals surface area contributed by atoms with E-state index in [1.165, 1.54) is 19.2 Å². The number of halogens is 2. The number of carbonyl (C=O) groups excluding carboxylic acids is 1. The third-order valence-corrected chi connectivity index (χ3v) is 4.00. The summed E-state index contributed by atoms with van der Waals surface area (Å²) in [6.07, 6.45) is -1.55. The molecule has 0 aromatic carbocycles. The van der Waals surface area contributed by atoms with Crippen LogP contribution < -0.4 is 14.8 Å². The molecule has 0 aliphatic rings. The molecular weight excluding hydrogens is 320 g/mol. The summed E-state index contributed by atoms with van der Waals surface area (Å²) < 4.78 is 55.6. The fourth-order valence-electron chi connectivity index (χ4n) is 1.51. The maximum Gasteiger partial charge on any atom is 0.272 e. The maximum absolute atomic E-state index is 12.2. The van der Waals surface area contributed by atoms with Crippen molar-refractivity contribution in [2.75, 3.05) is 13.2 Å². The zero-order valence-electron chi connectivity index (χ0n) is 12.0. The highest BCUT2D eigenvalue weighted by atomic mass is 32.2. The number of rotatable bonds is 8. The Bertz CT molecular complexity index is 610. The molecule has 124 valence electrons. The van der Waals surface area contributed by atoms with Gasteiger partial charge in [0.25, 0.3) is 6.43 Å². The normalized spacial score (nSPS) is 13.0. The molecule has 0 saturated carbocycles. The Morgan fingerprint density at radius 1 is 1.45 bits per heavy atom. The Hall–Kier alpha value is -1.81. The Kier molecular flexibility index (Phi) is 6.62. The average Bonchev–Trinajstić information content (AvgIpc) is 2.45. The topological polar surface area (TPSA) is 97.4 Å². The van der Waals surface area contributed by atoms with Crippen LogP contribution in [0.5, 0.6) is 5.88 Å². The number of ether oxygens (including phenoxy) is 1. The van der Waals surface area contributed by atoms with Gasteiger partial charge in [-0.3, -0.25) is 4.79 Å². The minimum atomic E-state index is -4.14. The molecule has 7 nitrogen and oxygen atoms in total. The van der Waals surface area contributed by atoms with Crippen LogP contribution in [0.25, 0.3) is 0 Å². The molecule has 10 heteroatoms. The van der Waals surface area contributed by atoms with E-state index in [9.17, 15) is 22.0 Å². The molecule has 0 aliphatic heterocycles. The monoisotopic (exact) mass is 337 g/mol. The van der Waals surface area contributed by atoms with Crippen molar-refractivity contribution in [1.82, 2.24) is 15.0 Å². The van der Waals surface area contributed by atoms with Crippen LogP contribution in [-0.4, -0.2) is 44.9 Å². The molecule has 1 heterocycles. The Labute approximate surface area is 127 Å². The first kappa shape index (κ1) is 18.2. The molecule has 0 saturated heterocycles. The highest BCUT2D eigenvalue weighted by molar-refractivity contribution is 7.89. The SMILES string of the molecule is CCNC(=O)C(C)NS(=O)(=O)c1cccnc1OCC(F)F. The van der Waals surface area contributed by atoms with Gasteiger partial charge in [-0.2, -0.15) is 4.72 Å². The predicted octanol–water partition coefficient (Wildman–Crippen LogP) is 0.528. The van der Waals surface area contributed by atoms with Gasteiger partial charge in [0.15, 0.2) is 6.61 Å². The van der Waals surface area contributed by atoms with Gasteiger partial charge < -0.3 is 10.1 Å². The summed E-state index contributed by atoms with van der Waals surface area (Å²) in [5.41, 5.74) is 0. The van der Waals surface area contributed by atoms with Crippen LogP contribution >= 0.6 is 0 Å². The summed E-state index contributed by atoms with van der Waals surface area (Å²) >= 11 is 0. The van der Waals surface area contributed by atoms with Crippen molar-refractivity contribution in [2.24, 2.45) is 0 Å². The van der Waals surface area contributed by atoms with Crippen LogP contribution in [0.4, 0.5) is 8.78 Å². The largest absolute Gasteiger partial charge is 0.471 e. The lowest BCUT2D eigenvalue weighted by Crippen LogP contribution is -2.44. The van der Waals surface area contributed by atoms with Gasteiger partial charge in [0.05, 0.1) is 6.04 Å². The van der Waals surface area contributed by atoms with Crippen molar-refractivity contribution in [3.8, 4) is 5.88 Å². The molecule has 1 rings (SSSR count). The van der Waals surface area contributed by atoms with Crippen molar-refractivity contribution in [3.63, 3.8) is 0 Å². The zero-order chi connectivity index (χ0) is 16.8. The summed E-state index contributed by atoms with van der Waals surface area (Å²) in [5.74, 6) is -0.955. The van der Waals surface area contributed by atoms with Gasteiger partial charge in [0.2, 0.25) is 21.8 Å². The molecule has 1 aromatic heterocycles. The van der Waals surface area contributed by atoms with Crippen molar-refractivity contribution in [2.45, 2.75) is 31.2 Å². The van der Waals surface area contributed by atoms with Crippen molar-refractivity contribution >= 4 is 15.9 Å². The molecule has 0 fully saturated rings. The highest BCUT2D eigenvalue weighted by Crippen LogP contribution is 2.21. The van der Waals surface area contributed by atoms with Gasteiger partial charge in [-0.25, -0.2) is 22.2 Å². The quantitative estimate of drug-likeness (QED) is 0.721. The first-order valence-corrected chi connectivity index (χ1v) is 7.92. The van der Waals surface area contributed by atoms with E-state index in [-0.39, 0.29) is 0 Å². The lowest BCUT2D eigenvalue weighted by Gasteiger charge is -2.15. The van der Waals surface area contributed by atoms with E-state index in [2.05, 4.69) is 15.0 Å². The van der Waals surface area contributed by atoms with Gasteiger partial charge in [-0.15, -0.1) is 0 Å². The molecule has 0 spiro atoms. The molecule has 22 heavy (non-hydrogen) atoms. The number of hydrogen-bond donors (Lipinski definition) is 2. The maximum atomic E-state index is 12.2. The lowest BCUT2D eigenvalue weighted by atomic mass is 10.3. The Morgan fingerprint density at radius 3 is 2.73 bits per heavy atom. The molecule has 0 radical (unpaired) electrons. The summed E-state index contributed by atoms with van der Waals surface area (Å²) in [6, 6.07) is 1.44. The Morgan fingerprint density at radius 2 is 2.14 bits per heavy atom. The third kappa shape index (κ3) is 5.19. The molecule has 1 amide bonds. The third-order valence-electron chi connectivity index (χ3n) is 2.45. The standard InChI is InChI=1S/C12H17F2N3O4S/c1-3-15-11(18)8(2)17-22(19,20)9-5-4-6-16-12(9)21-7-10(13)14/h4-6,8,10,17H,3,7H2,1-2H3,(H,15,18). The number of pyridine rings is 1. The fraction of sp³-hybridized carbons (Fsp3) is 0.500. The second-order valence-corrected chi connectivity index (χ2v) is 5.93. The number of alkyl halides is 2. The number of sulfonamides is 1. The van der Waals surface area contributed by atoms with Crippen LogP contribution in [0.1, 0.15) is 13.8 Å². The van der Waals surface area contributed by atoms with Gasteiger partial charge in [-0.1, -0.05) is 0 Å². The number of aromatic nitrogens is 1. The zero-order valence-corrected chi connectivity index (χ0v) is 12.9. The van der Waals surface area contributed by atoms with Crippen LogP contribution in [0, 0.1) is 0 Å². The van der Waals surface area contributed by atoms with Crippen LogP contribution in [-0.2, 0) is 14.8 Å². The second kappa shape index (κ2) is 7.99. The minimum absolute atomic E-state index is 0.348. The first-order valence-electron chi connectivity index (χ1n) is 6.44. The molecule has 0 aliphatic carbocycles. The minimum Gasteiger partial charge on any atom is -0.471 e. The smallest absolute Gasteiger partial charge is 0.272 e. The summed E-state index contributed by atoms with van der Waals surface area (Å²) in [5, 5.41) is 2.46. The van der Waals surface area contributed by atoms with Crippen LogP contribution in [0.2, 0.25) is 0 Å². The second-order valence-electron chi connectivity index (χ2n) is 4.25. The van der Waals surface area contributed by atoms with Crippen LogP contribution in [0.3, 0.4) is 0 Å². The average molecular weight is 337 g/mol. The first-order chi connectivity index (χ1) is 10.3. The number of hydrogen-bond acceptors (Lipinski definition) is 5. The van der Waals surface area contributed by atoms with Crippen molar-refractivity contribution < 1.29 is 26.7 Å². The van der Waals surface area contributed by atoms with E-state index in [1.54, 1.807) is 6.92 Å². The van der Waals surface area contributed by atoms with Crippen LogP contribution in [0.15, 0.2) is 23.2 Å². The summed E-state index contributed by atoms with van der Waals surface area (Å²) in [7, 11) is -4.14. The van der Waals surface area contributed by atoms with E-state index < -0.39 is 45.8 Å². The summed E-state index contributed by atoms with van der Waals surface area (Å²) in [6.45, 7) is 2.42. The van der Waals surface area contributed by atoms with Gasteiger partial charge in [0.1, 0.15) is 4.90 Å². The summed E-state index contributed by atoms with van der Waals surface area (Å²) in [4.78, 5) is 14.8. The van der Waals surface area contributed by atoms with Crippen molar-refractivity contribution in [3.05, 3.63) is 18.3 Å². The van der Waals surface area contributed by atoms with Gasteiger partial charge in [0, 0.05) is 12.7 Å². The molecule has 0 bridgehead atoms. The van der Waals surface area contributed by atoms with E-state index >= 15 is 0 Å². The van der Waals surface area contributed by atoms with E-state index in [0.717, 1.165) is 6.07 Å². The molecule has 1 atom stereocenters. The molecule has 2 N–H and O–H groups in total. The number of nitrogens with zero attached hydrogens (tertiary/aromatic N) is 1. The van der Waals surface area contributed by atoms with Crippen molar-refractivity contribution in [1.29, 1.82) is 0 Å². The fourth-order valence-corrected chi connectivity index (χ4v) is 2.81. The Balaban J connectivity index is 2.95. The number of likely N-dealkylation sites (N-methyl/N-ethyl adjacent to an activating group) is 1. The molecular formula is C12H17F2N3O4S. The van der Waals surface area contributed by atoms with Gasteiger partial charge in [-0.05, 0) is 26.0 Å². The molecule has 1 aromatic rings. The molecule has 1 unspecified atom stereocenters. The van der Waals surface area contributed by atoms with E-state index in [4.69, 9.17) is 4.74 Å². The van der Waals surface area contributed by atoms with E-state index in [0.29, 0.717) is 6.54 Å². The number of carbonyl (C=O) groups is 1. The highest BCUT2D eigenvalue weighted by Gasteiger charge is 2.25. The number of nitrogens with one attached hydrogen (secondary N) is 2. The predicted molar refractivity (Wildman–Crippen MR) is 74.2 cm³/mol. The van der Waals surface area contributed by atoms with E-state index in [1.807, 2.05) is 0 Å². The number of amides is 1. The lowest BCUT2D eigenvalue weighted by molar-refractivity contribution is -0.122. The van der Waals surface area contributed by atoms with Gasteiger partial charge >= 0.3 is 0 Å².